The molecule has 3 rings (SSSR count). The monoisotopic (exact) mass is 312 g/mol. The van der Waals surface area contributed by atoms with Crippen molar-refractivity contribution in [1.82, 2.24) is 9.55 Å². The molecule has 0 atom stereocenters. The number of esters is 1. The number of aryl methyl sites for hydroxylation is 1. The van der Waals surface area contributed by atoms with Crippen LogP contribution in [0, 0.1) is 19.7 Å². The first-order valence-electron chi connectivity index (χ1n) is 7.33. The number of aromatic nitrogens is 2. The van der Waals surface area contributed by atoms with Gasteiger partial charge in [-0.3, -0.25) is 9.78 Å². The molecule has 3 aromatic rings. The van der Waals surface area contributed by atoms with Gasteiger partial charge in [0.05, 0.1) is 17.9 Å². The van der Waals surface area contributed by atoms with Gasteiger partial charge in [0.2, 0.25) is 0 Å². The summed E-state index contributed by atoms with van der Waals surface area (Å²) in [5.74, 6) is -0.158. The highest BCUT2D eigenvalue weighted by Crippen LogP contribution is 2.32. The largest absolute Gasteiger partial charge is 0.424 e. The van der Waals surface area contributed by atoms with E-state index in [-0.39, 0.29) is 11.8 Å². The molecule has 0 radical (unpaired) electrons. The van der Waals surface area contributed by atoms with Gasteiger partial charge in [0.15, 0.2) is 5.75 Å². The number of benzene rings is 1. The maximum atomic E-state index is 13.1. The van der Waals surface area contributed by atoms with Crippen LogP contribution in [0.25, 0.3) is 10.9 Å². The molecule has 0 amide bonds. The molecule has 0 aliphatic rings. The van der Waals surface area contributed by atoms with Crippen molar-refractivity contribution in [2.45, 2.75) is 27.3 Å². The summed E-state index contributed by atoms with van der Waals surface area (Å²) in [7, 11) is 0. The van der Waals surface area contributed by atoms with Crippen LogP contribution in [0.15, 0.2) is 36.7 Å². The van der Waals surface area contributed by atoms with Crippen LogP contribution in [-0.2, 0) is 11.3 Å². The smallest absolute Gasteiger partial charge is 0.308 e. The minimum Gasteiger partial charge on any atom is -0.424 e. The average molecular weight is 312 g/mol. The number of ether oxygens (including phenoxy) is 1. The molecular formula is C18H17FN2O2. The van der Waals surface area contributed by atoms with Gasteiger partial charge in [-0.25, -0.2) is 4.39 Å². The number of hydrogen-bond donors (Lipinski definition) is 0. The molecule has 118 valence electrons. The number of pyridine rings is 1. The van der Waals surface area contributed by atoms with Gasteiger partial charge in [-0.2, -0.15) is 0 Å². The van der Waals surface area contributed by atoms with Gasteiger partial charge in [-0.05, 0) is 37.1 Å². The molecule has 23 heavy (non-hydrogen) atoms. The zero-order valence-electron chi connectivity index (χ0n) is 13.3. The summed E-state index contributed by atoms with van der Waals surface area (Å²) in [6.07, 6.45) is 3.31. The van der Waals surface area contributed by atoms with E-state index < -0.39 is 0 Å². The van der Waals surface area contributed by atoms with E-state index in [0.717, 1.165) is 27.7 Å². The quantitative estimate of drug-likeness (QED) is 0.692. The third-order valence-corrected chi connectivity index (χ3v) is 4.01. The molecule has 1 aromatic carbocycles. The van der Waals surface area contributed by atoms with Crippen LogP contribution in [0.2, 0.25) is 0 Å². The fourth-order valence-electron chi connectivity index (χ4n) is 2.78. The predicted molar refractivity (Wildman–Crippen MR) is 86.0 cm³/mol. The first kappa shape index (κ1) is 15.2. The lowest BCUT2D eigenvalue weighted by Crippen LogP contribution is -2.03. The SMILES string of the molecule is CC(=O)Oc1cncc2c1c(C)c(C)n2Cc1ccc(F)cc1. The topological polar surface area (TPSA) is 44.1 Å². The molecule has 2 heterocycles. The van der Waals surface area contributed by atoms with Crippen molar-refractivity contribution in [3.8, 4) is 5.75 Å². The normalized spacial score (nSPS) is 11.0. The van der Waals surface area contributed by atoms with Crippen LogP contribution >= 0.6 is 0 Å². The molecule has 0 aliphatic carbocycles. The number of fused-ring (bicyclic) bond motifs is 1. The number of hydrogen-bond acceptors (Lipinski definition) is 3. The second-order valence-corrected chi connectivity index (χ2v) is 5.55. The second kappa shape index (κ2) is 5.83. The minimum atomic E-state index is -0.373. The van der Waals surface area contributed by atoms with E-state index in [4.69, 9.17) is 4.74 Å². The first-order valence-corrected chi connectivity index (χ1v) is 7.33. The number of nitrogens with zero attached hydrogens (tertiary/aromatic N) is 2. The zero-order valence-corrected chi connectivity index (χ0v) is 13.3. The number of carbonyl (C=O) groups is 1. The number of rotatable bonds is 3. The molecule has 4 nitrogen and oxygen atoms in total. The molecule has 0 N–H and O–H groups in total. The summed E-state index contributed by atoms with van der Waals surface area (Å²) < 4.78 is 20.4. The van der Waals surface area contributed by atoms with Crippen LogP contribution in [-0.4, -0.2) is 15.5 Å². The Hall–Kier alpha value is -2.69. The Balaban J connectivity index is 2.12. The van der Waals surface area contributed by atoms with E-state index in [0.29, 0.717) is 12.3 Å². The zero-order chi connectivity index (χ0) is 16.6. The fraction of sp³-hybridized carbons (Fsp3) is 0.222. The summed E-state index contributed by atoms with van der Waals surface area (Å²) in [6.45, 7) is 5.97. The number of halogens is 1. The van der Waals surface area contributed by atoms with Crippen molar-refractivity contribution >= 4 is 16.9 Å². The minimum absolute atomic E-state index is 0.252. The fourth-order valence-corrected chi connectivity index (χ4v) is 2.78. The van der Waals surface area contributed by atoms with Crippen LogP contribution in [0.4, 0.5) is 4.39 Å². The Morgan fingerprint density at radius 1 is 1.22 bits per heavy atom. The van der Waals surface area contributed by atoms with Gasteiger partial charge in [-0.15, -0.1) is 0 Å². The lowest BCUT2D eigenvalue weighted by molar-refractivity contribution is -0.131. The van der Waals surface area contributed by atoms with Crippen LogP contribution in [0.3, 0.4) is 0 Å². The number of carbonyl (C=O) groups excluding carboxylic acids is 1. The molecule has 0 saturated carbocycles. The van der Waals surface area contributed by atoms with Gasteiger partial charge in [0, 0.05) is 24.5 Å². The highest BCUT2D eigenvalue weighted by atomic mass is 19.1. The van der Waals surface area contributed by atoms with Gasteiger partial charge in [0.25, 0.3) is 0 Å². The van der Waals surface area contributed by atoms with Crippen LogP contribution < -0.4 is 4.74 Å². The Bertz CT molecular complexity index is 882. The van der Waals surface area contributed by atoms with Gasteiger partial charge in [0.1, 0.15) is 5.82 Å². The Kier molecular flexibility index (Phi) is 3.86. The Morgan fingerprint density at radius 3 is 2.57 bits per heavy atom. The summed E-state index contributed by atoms with van der Waals surface area (Å²) in [4.78, 5) is 15.5. The molecule has 0 fully saturated rings. The van der Waals surface area contributed by atoms with E-state index in [9.17, 15) is 9.18 Å². The van der Waals surface area contributed by atoms with Crippen molar-refractivity contribution < 1.29 is 13.9 Å². The van der Waals surface area contributed by atoms with Crippen molar-refractivity contribution in [2.75, 3.05) is 0 Å². The van der Waals surface area contributed by atoms with Crippen LogP contribution in [0.1, 0.15) is 23.7 Å². The van der Waals surface area contributed by atoms with E-state index in [2.05, 4.69) is 9.55 Å². The molecule has 5 heteroatoms. The van der Waals surface area contributed by atoms with E-state index in [1.54, 1.807) is 24.5 Å². The summed E-state index contributed by atoms with van der Waals surface area (Å²) in [5, 5.41) is 0.884. The van der Waals surface area contributed by atoms with Crippen molar-refractivity contribution in [2.24, 2.45) is 0 Å². The second-order valence-electron chi connectivity index (χ2n) is 5.55. The standard InChI is InChI=1S/C18H17FN2O2/c1-11-12(2)21(10-14-4-6-15(19)7-5-14)16-8-20-9-17(18(11)16)23-13(3)22/h4-9H,10H2,1-3H3. The van der Waals surface area contributed by atoms with Gasteiger partial charge in [-0.1, -0.05) is 12.1 Å². The predicted octanol–water partition coefficient (Wildman–Crippen LogP) is 3.77. The molecule has 0 aliphatic heterocycles. The highest BCUT2D eigenvalue weighted by Gasteiger charge is 2.16. The maximum absolute atomic E-state index is 13.1. The lowest BCUT2D eigenvalue weighted by Gasteiger charge is -2.09. The van der Waals surface area contributed by atoms with E-state index in [1.165, 1.54) is 19.1 Å². The average Bonchev–Trinajstić information content (AvgIpc) is 2.75. The van der Waals surface area contributed by atoms with Crippen molar-refractivity contribution in [3.05, 3.63) is 59.3 Å². The molecule has 0 bridgehead atoms. The molecular weight excluding hydrogens is 295 g/mol. The molecule has 0 unspecified atom stereocenters. The van der Waals surface area contributed by atoms with E-state index >= 15 is 0 Å². The molecule has 0 saturated heterocycles. The highest BCUT2D eigenvalue weighted by molar-refractivity contribution is 5.92. The maximum Gasteiger partial charge on any atom is 0.308 e. The van der Waals surface area contributed by atoms with Gasteiger partial charge >= 0.3 is 5.97 Å². The first-order chi connectivity index (χ1) is 11.0. The summed E-state index contributed by atoms with van der Waals surface area (Å²) in [5.41, 5.74) is 3.99. The Labute approximate surface area is 133 Å². The summed E-state index contributed by atoms with van der Waals surface area (Å²) in [6, 6.07) is 6.43. The third-order valence-electron chi connectivity index (χ3n) is 4.01. The lowest BCUT2D eigenvalue weighted by atomic mass is 10.2. The Morgan fingerprint density at radius 2 is 1.91 bits per heavy atom. The van der Waals surface area contributed by atoms with E-state index in [1.807, 2.05) is 13.8 Å². The van der Waals surface area contributed by atoms with Crippen molar-refractivity contribution in [3.63, 3.8) is 0 Å². The van der Waals surface area contributed by atoms with Crippen LogP contribution in [0.5, 0.6) is 5.75 Å². The van der Waals surface area contributed by atoms with Crippen molar-refractivity contribution in [1.29, 1.82) is 0 Å². The third kappa shape index (κ3) is 2.82. The molecule has 2 aromatic heterocycles. The summed E-state index contributed by atoms with van der Waals surface area (Å²) >= 11 is 0. The van der Waals surface area contributed by atoms with Gasteiger partial charge < -0.3 is 9.30 Å². The molecule has 0 spiro atoms.